The lowest BCUT2D eigenvalue weighted by atomic mass is 10.2. The fourth-order valence-electron chi connectivity index (χ4n) is 2.08. The molecule has 2 rings (SSSR count). The molecule has 5 nitrogen and oxygen atoms in total. The Balaban J connectivity index is 1.85. The van der Waals surface area contributed by atoms with Crippen molar-refractivity contribution < 1.29 is 4.79 Å². The summed E-state index contributed by atoms with van der Waals surface area (Å²) >= 11 is 3.29. The number of carbonyl (C=O) groups is 1. The monoisotopic (exact) mass is 326 g/mol. The third-order valence-corrected chi connectivity index (χ3v) is 3.72. The van der Waals surface area contributed by atoms with Crippen LogP contribution in [0.2, 0.25) is 0 Å². The van der Waals surface area contributed by atoms with Crippen molar-refractivity contribution >= 4 is 27.7 Å². The zero-order chi connectivity index (χ0) is 13.8. The number of nitrogens with two attached hydrogens (primary N) is 1. The van der Waals surface area contributed by atoms with Crippen molar-refractivity contribution in [2.45, 2.75) is 25.8 Å². The van der Waals surface area contributed by atoms with Crippen LogP contribution in [0.4, 0.5) is 5.82 Å². The highest BCUT2D eigenvalue weighted by Gasteiger charge is 2.27. The second kappa shape index (κ2) is 6.34. The quantitative estimate of drug-likeness (QED) is 0.833. The van der Waals surface area contributed by atoms with E-state index in [0.717, 1.165) is 23.6 Å². The highest BCUT2D eigenvalue weighted by molar-refractivity contribution is 9.10. The summed E-state index contributed by atoms with van der Waals surface area (Å²) in [5.74, 6) is 0.0911. The molecule has 1 aromatic heterocycles. The zero-order valence-corrected chi connectivity index (χ0v) is 12.6. The molecule has 3 N–H and O–H groups in total. The van der Waals surface area contributed by atoms with Crippen LogP contribution in [0.1, 0.15) is 30.1 Å². The van der Waals surface area contributed by atoms with E-state index in [9.17, 15) is 4.79 Å². The van der Waals surface area contributed by atoms with Crippen molar-refractivity contribution in [3.63, 3.8) is 0 Å². The van der Waals surface area contributed by atoms with Crippen LogP contribution in [0.5, 0.6) is 0 Å². The molecule has 0 radical (unpaired) electrons. The molecule has 1 aliphatic carbocycles. The van der Waals surface area contributed by atoms with Gasteiger partial charge in [0.15, 0.2) is 0 Å². The molecule has 104 valence electrons. The fraction of sp³-hybridized carbons (Fsp3) is 0.538. The normalized spacial score (nSPS) is 14.7. The van der Waals surface area contributed by atoms with E-state index < -0.39 is 0 Å². The average molecular weight is 327 g/mol. The van der Waals surface area contributed by atoms with E-state index in [1.165, 1.54) is 12.8 Å². The smallest absolute Gasteiger partial charge is 0.255 e. The second-order valence-corrected chi connectivity index (χ2v) is 5.62. The minimum atomic E-state index is -0.168. The molecule has 0 aliphatic heterocycles. The van der Waals surface area contributed by atoms with Crippen LogP contribution in [0.15, 0.2) is 16.7 Å². The predicted molar refractivity (Wildman–Crippen MR) is 79.0 cm³/mol. The number of amides is 1. The number of carbonyl (C=O) groups excluding carboxylic acids is 1. The van der Waals surface area contributed by atoms with E-state index in [-0.39, 0.29) is 11.7 Å². The predicted octanol–water partition coefficient (Wildman–Crippen LogP) is 1.64. The Morgan fingerprint density at radius 3 is 3.00 bits per heavy atom. The molecule has 19 heavy (non-hydrogen) atoms. The van der Waals surface area contributed by atoms with Crippen molar-refractivity contribution in [2.24, 2.45) is 0 Å². The van der Waals surface area contributed by atoms with Gasteiger partial charge in [-0.25, -0.2) is 4.98 Å². The first kappa shape index (κ1) is 14.3. The molecule has 6 heteroatoms. The lowest BCUT2D eigenvalue weighted by molar-refractivity contribution is 0.0948. The standard InChI is InChI=1S/C13H19BrN4O/c1-2-18(10-3-4-10)6-5-16-13(19)11-7-9(14)8-17-12(11)15/h7-8,10H,2-6H2,1H3,(H2,15,17)(H,16,19). The first-order chi connectivity index (χ1) is 9.11. The summed E-state index contributed by atoms with van der Waals surface area (Å²) in [5.41, 5.74) is 6.12. The summed E-state index contributed by atoms with van der Waals surface area (Å²) in [7, 11) is 0. The number of pyridine rings is 1. The maximum atomic E-state index is 12.0. The maximum Gasteiger partial charge on any atom is 0.255 e. The summed E-state index contributed by atoms with van der Waals surface area (Å²) in [6.45, 7) is 4.70. The molecule has 0 atom stereocenters. The van der Waals surface area contributed by atoms with Crippen LogP contribution in [0, 0.1) is 0 Å². The number of rotatable bonds is 6. The van der Waals surface area contributed by atoms with Gasteiger partial charge in [0.1, 0.15) is 5.82 Å². The summed E-state index contributed by atoms with van der Waals surface area (Å²) in [6.07, 6.45) is 4.15. The van der Waals surface area contributed by atoms with Crippen LogP contribution < -0.4 is 11.1 Å². The van der Waals surface area contributed by atoms with E-state index in [0.29, 0.717) is 12.1 Å². The number of hydrogen-bond acceptors (Lipinski definition) is 4. The second-order valence-electron chi connectivity index (χ2n) is 4.70. The number of halogens is 1. The Kier molecular flexibility index (Phi) is 4.76. The Hall–Kier alpha value is -1.14. The van der Waals surface area contributed by atoms with Gasteiger partial charge in [0.2, 0.25) is 0 Å². The van der Waals surface area contributed by atoms with Gasteiger partial charge in [-0.3, -0.25) is 9.69 Å². The Morgan fingerprint density at radius 1 is 1.63 bits per heavy atom. The highest BCUT2D eigenvalue weighted by atomic mass is 79.9. The number of anilines is 1. The van der Waals surface area contributed by atoms with Crippen molar-refractivity contribution in [3.8, 4) is 0 Å². The van der Waals surface area contributed by atoms with Crippen molar-refractivity contribution in [1.29, 1.82) is 0 Å². The van der Waals surface area contributed by atoms with Gasteiger partial charge >= 0.3 is 0 Å². The molecule has 1 saturated carbocycles. The van der Waals surface area contributed by atoms with Crippen LogP contribution >= 0.6 is 15.9 Å². The summed E-state index contributed by atoms with van der Waals surface area (Å²) in [5, 5.41) is 2.89. The first-order valence-electron chi connectivity index (χ1n) is 6.55. The Bertz CT molecular complexity index is 462. The molecule has 1 heterocycles. The molecule has 0 unspecified atom stereocenters. The number of hydrogen-bond donors (Lipinski definition) is 2. The van der Waals surface area contributed by atoms with Crippen LogP contribution in [0.25, 0.3) is 0 Å². The molecule has 0 saturated heterocycles. The van der Waals surface area contributed by atoms with Gasteiger partial charge in [0.25, 0.3) is 5.91 Å². The van der Waals surface area contributed by atoms with E-state index in [4.69, 9.17) is 5.73 Å². The van der Waals surface area contributed by atoms with Crippen LogP contribution in [-0.4, -0.2) is 41.5 Å². The zero-order valence-electron chi connectivity index (χ0n) is 11.0. The third-order valence-electron chi connectivity index (χ3n) is 3.28. The third kappa shape index (κ3) is 3.91. The Morgan fingerprint density at radius 2 is 2.37 bits per heavy atom. The van der Waals surface area contributed by atoms with Crippen molar-refractivity contribution in [1.82, 2.24) is 15.2 Å². The lowest BCUT2D eigenvalue weighted by Crippen LogP contribution is -2.36. The molecule has 1 fully saturated rings. The van der Waals surface area contributed by atoms with Crippen molar-refractivity contribution in [2.75, 3.05) is 25.4 Å². The van der Waals surface area contributed by atoms with Gasteiger partial charge in [-0.05, 0) is 41.4 Å². The highest BCUT2D eigenvalue weighted by Crippen LogP contribution is 2.25. The molecule has 1 aliphatic rings. The maximum absolute atomic E-state index is 12.0. The fourth-order valence-corrected chi connectivity index (χ4v) is 2.41. The van der Waals surface area contributed by atoms with Gasteiger partial charge in [0.05, 0.1) is 5.56 Å². The number of nitrogen functional groups attached to an aromatic ring is 1. The molecular weight excluding hydrogens is 308 g/mol. The van der Waals surface area contributed by atoms with Gasteiger partial charge < -0.3 is 11.1 Å². The first-order valence-corrected chi connectivity index (χ1v) is 7.34. The molecule has 0 aromatic carbocycles. The molecular formula is C13H19BrN4O. The Labute approximate surface area is 121 Å². The summed E-state index contributed by atoms with van der Waals surface area (Å²) < 4.78 is 0.750. The van der Waals surface area contributed by atoms with Crippen LogP contribution in [0.3, 0.4) is 0 Å². The average Bonchev–Trinajstić information content (AvgIpc) is 3.21. The lowest BCUT2D eigenvalue weighted by Gasteiger charge is -2.19. The number of aromatic nitrogens is 1. The van der Waals surface area contributed by atoms with Crippen LogP contribution in [-0.2, 0) is 0 Å². The SMILES string of the molecule is CCN(CCNC(=O)c1cc(Br)cnc1N)C1CC1. The topological polar surface area (TPSA) is 71.2 Å². The number of likely N-dealkylation sites (N-methyl/N-ethyl adjacent to an activating group) is 1. The summed E-state index contributed by atoms with van der Waals surface area (Å²) in [6, 6.07) is 2.41. The number of nitrogens with zero attached hydrogens (tertiary/aromatic N) is 2. The minimum Gasteiger partial charge on any atom is -0.383 e. The van der Waals surface area contributed by atoms with Gasteiger partial charge in [-0.15, -0.1) is 0 Å². The molecule has 0 spiro atoms. The van der Waals surface area contributed by atoms with E-state index >= 15 is 0 Å². The summed E-state index contributed by atoms with van der Waals surface area (Å²) in [4.78, 5) is 18.4. The minimum absolute atomic E-state index is 0.168. The molecule has 0 bridgehead atoms. The van der Waals surface area contributed by atoms with E-state index in [2.05, 4.69) is 38.1 Å². The van der Waals surface area contributed by atoms with Gasteiger partial charge in [-0.1, -0.05) is 6.92 Å². The molecule has 1 amide bonds. The van der Waals surface area contributed by atoms with E-state index in [1.807, 2.05) is 0 Å². The van der Waals surface area contributed by atoms with Gasteiger partial charge in [0, 0.05) is 29.8 Å². The van der Waals surface area contributed by atoms with E-state index in [1.54, 1.807) is 12.3 Å². The largest absolute Gasteiger partial charge is 0.383 e. The molecule has 1 aromatic rings. The van der Waals surface area contributed by atoms with Gasteiger partial charge in [-0.2, -0.15) is 0 Å². The van der Waals surface area contributed by atoms with Crippen molar-refractivity contribution in [3.05, 3.63) is 22.3 Å². The number of nitrogens with one attached hydrogen (secondary N) is 1.